The number of ether oxygens (including phenoxy) is 2. The zero-order valence-corrected chi connectivity index (χ0v) is 13.7. The van der Waals surface area contributed by atoms with Crippen molar-refractivity contribution in [3.05, 3.63) is 47.5 Å². The highest BCUT2D eigenvalue weighted by molar-refractivity contribution is 6.11. The Morgan fingerprint density at radius 2 is 1.92 bits per heavy atom. The molecule has 2 heterocycles. The first-order valence-corrected chi connectivity index (χ1v) is 7.80. The number of benzene rings is 2. The number of hydrogen-bond donors (Lipinski definition) is 0. The normalized spacial score (nSPS) is 20.5. The van der Waals surface area contributed by atoms with E-state index in [1.54, 1.807) is 12.0 Å². The van der Waals surface area contributed by atoms with Gasteiger partial charge in [-0.05, 0) is 42.3 Å². The molecule has 1 fully saturated rings. The number of nitrogens with zero attached hydrogens (tertiary/aromatic N) is 1. The third kappa shape index (κ3) is 1.94. The van der Waals surface area contributed by atoms with Crippen LogP contribution in [0.15, 0.2) is 36.4 Å². The predicted molar refractivity (Wildman–Crippen MR) is 88.9 cm³/mol. The molecule has 2 aromatic rings. The molecule has 0 radical (unpaired) electrons. The Labute approximate surface area is 139 Å². The molecule has 24 heavy (non-hydrogen) atoms. The lowest BCUT2D eigenvalue weighted by Crippen LogP contribution is -2.61. The molecule has 1 amide bonds. The van der Waals surface area contributed by atoms with Gasteiger partial charge in [-0.3, -0.25) is 14.5 Å². The van der Waals surface area contributed by atoms with E-state index < -0.39 is 12.1 Å². The summed E-state index contributed by atoms with van der Waals surface area (Å²) in [4.78, 5) is 25.6. The second-order valence-corrected chi connectivity index (χ2v) is 6.16. The van der Waals surface area contributed by atoms with Crippen molar-refractivity contribution in [2.45, 2.75) is 26.0 Å². The molecular weight excluding hydrogens is 306 g/mol. The zero-order chi connectivity index (χ0) is 17.0. The standard InChI is InChI=1S/C19H17NO4/c1-10-4-7-16-15(8-10)14-9-12(23-3)5-6-13(14)17-18(24-11(2)21)19(22)20(16)17/h4-9,17-18H,1-3H3/t17-,18-/m1/s1. The van der Waals surface area contributed by atoms with Crippen molar-refractivity contribution in [3.63, 3.8) is 0 Å². The van der Waals surface area contributed by atoms with Crippen LogP contribution in [0.4, 0.5) is 5.69 Å². The van der Waals surface area contributed by atoms with Crippen molar-refractivity contribution < 1.29 is 19.1 Å². The van der Waals surface area contributed by atoms with Crippen LogP contribution in [0.5, 0.6) is 5.75 Å². The second kappa shape index (κ2) is 5.09. The highest BCUT2D eigenvalue weighted by Gasteiger charge is 2.54. The molecular formula is C19H17NO4. The molecule has 0 bridgehead atoms. The third-order valence-corrected chi connectivity index (χ3v) is 4.62. The number of hydrogen-bond acceptors (Lipinski definition) is 4. The highest BCUT2D eigenvalue weighted by Crippen LogP contribution is 2.52. The summed E-state index contributed by atoms with van der Waals surface area (Å²) in [7, 11) is 1.63. The Balaban J connectivity index is 1.91. The van der Waals surface area contributed by atoms with Gasteiger partial charge in [0.05, 0.1) is 12.8 Å². The van der Waals surface area contributed by atoms with Crippen molar-refractivity contribution in [1.29, 1.82) is 0 Å². The van der Waals surface area contributed by atoms with E-state index in [1.807, 2.05) is 37.3 Å². The van der Waals surface area contributed by atoms with Crippen LogP contribution in [0.25, 0.3) is 11.1 Å². The molecule has 0 N–H and O–H groups in total. The summed E-state index contributed by atoms with van der Waals surface area (Å²) in [6, 6.07) is 11.5. The molecule has 2 aliphatic rings. The maximum absolute atomic E-state index is 12.5. The molecule has 2 atom stereocenters. The van der Waals surface area contributed by atoms with Gasteiger partial charge in [0.15, 0.2) is 0 Å². The molecule has 0 aliphatic carbocycles. The van der Waals surface area contributed by atoms with Gasteiger partial charge >= 0.3 is 5.97 Å². The Bertz CT molecular complexity index is 874. The molecule has 1 saturated heterocycles. The summed E-state index contributed by atoms with van der Waals surface area (Å²) in [6.07, 6.45) is -0.760. The van der Waals surface area contributed by atoms with Crippen LogP contribution >= 0.6 is 0 Å². The number of esters is 1. The topological polar surface area (TPSA) is 55.8 Å². The maximum Gasteiger partial charge on any atom is 0.303 e. The number of amides is 1. The van der Waals surface area contributed by atoms with Crippen LogP contribution in [-0.4, -0.2) is 25.1 Å². The summed E-state index contributed by atoms with van der Waals surface area (Å²) >= 11 is 0. The van der Waals surface area contributed by atoms with Gasteiger partial charge in [-0.25, -0.2) is 0 Å². The first-order valence-electron chi connectivity index (χ1n) is 7.80. The SMILES string of the molecule is COc1ccc2c(c1)-c1cc(C)ccc1N1C(=O)[C@H](OC(C)=O)[C@@H]21. The first-order chi connectivity index (χ1) is 11.5. The van der Waals surface area contributed by atoms with E-state index >= 15 is 0 Å². The quantitative estimate of drug-likeness (QED) is 0.630. The van der Waals surface area contributed by atoms with Crippen molar-refractivity contribution in [3.8, 4) is 16.9 Å². The van der Waals surface area contributed by atoms with Crippen molar-refractivity contribution in [2.75, 3.05) is 12.0 Å². The molecule has 4 rings (SSSR count). The summed E-state index contributed by atoms with van der Waals surface area (Å²) in [6.45, 7) is 3.34. The van der Waals surface area contributed by atoms with Gasteiger partial charge < -0.3 is 9.47 Å². The fourth-order valence-corrected chi connectivity index (χ4v) is 3.56. The van der Waals surface area contributed by atoms with E-state index in [2.05, 4.69) is 6.07 Å². The smallest absolute Gasteiger partial charge is 0.303 e. The predicted octanol–water partition coefficient (Wildman–Crippen LogP) is 3.00. The fraction of sp³-hybridized carbons (Fsp3) is 0.263. The van der Waals surface area contributed by atoms with Crippen LogP contribution in [-0.2, 0) is 14.3 Å². The molecule has 5 heteroatoms. The Hall–Kier alpha value is -2.82. The monoisotopic (exact) mass is 323 g/mol. The molecule has 5 nitrogen and oxygen atoms in total. The molecule has 0 unspecified atom stereocenters. The van der Waals surface area contributed by atoms with Crippen LogP contribution in [0, 0.1) is 6.92 Å². The van der Waals surface area contributed by atoms with E-state index in [1.165, 1.54) is 6.92 Å². The average molecular weight is 323 g/mol. The van der Waals surface area contributed by atoms with Crippen molar-refractivity contribution in [2.24, 2.45) is 0 Å². The second-order valence-electron chi connectivity index (χ2n) is 6.16. The first kappa shape index (κ1) is 14.8. The van der Waals surface area contributed by atoms with Crippen molar-refractivity contribution in [1.82, 2.24) is 0 Å². The average Bonchev–Trinajstić information content (AvgIpc) is 2.57. The molecule has 122 valence electrons. The molecule has 2 aromatic carbocycles. The van der Waals surface area contributed by atoms with E-state index in [9.17, 15) is 9.59 Å². The summed E-state index contributed by atoms with van der Waals surface area (Å²) in [5, 5.41) is 0. The minimum Gasteiger partial charge on any atom is -0.497 e. The molecule has 0 saturated carbocycles. The fourth-order valence-electron chi connectivity index (χ4n) is 3.56. The number of carbonyl (C=O) groups is 2. The zero-order valence-electron chi connectivity index (χ0n) is 13.7. The van der Waals surface area contributed by atoms with Gasteiger partial charge in [0, 0.05) is 12.5 Å². The largest absolute Gasteiger partial charge is 0.497 e. The van der Waals surface area contributed by atoms with Gasteiger partial charge in [0.2, 0.25) is 6.10 Å². The minimum atomic E-state index is -0.760. The van der Waals surface area contributed by atoms with Gasteiger partial charge in [-0.1, -0.05) is 17.7 Å². The number of anilines is 1. The number of rotatable bonds is 2. The maximum atomic E-state index is 12.5. The van der Waals surface area contributed by atoms with E-state index in [0.29, 0.717) is 0 Å². The van der Waals surface area contributed by atoms with Crippen LogP contribution in [0.2, 0.25) is 0 Å². The van der Waals surface area contributed by atoms with Crippen LogP contribution in [0.3, 0.4) is 0 Å². The highest BCUT2D eigenvalue weighted by atomic mass is 16.6. The number of fused-ring (bicyclic) bond motifs is 6. The van der Waals surface area contributed by atoms with Gasteiger partial charge in [0.1, 0.15) is 11.8 Å². The summed E-state index contributed by atoms with van der Waals surface area (Å²) in [5.74, 6) is 0.129. The van der Waals surface area contributed by atoms with Crippen LogP contribution in [0.1, 0.15) is 24.1 Å². The van der Waals surface area contributed by atoms with E-state index in [4.69, 9.17) is 9.47 Å². The lowest BCUT2D eigenvalue weighted by atomic mass is 9.79. The van der Waals surface area contributed by atoms with Crippen molar-refractivity contribution >= 4 is 17.6 Å². The third-order valence-electron chi connectivity index (χ3n) is 4.62. The lowest BCUT2D eigenvalue weighted by Gasteiger charge is -2.50. The van der Waals surface area contributed by atoms with Gasteiger partial charge in [0.25, 0.3) is 5.91 Å². The summed E-state index contributed by atoms with van der Waals surface area (Å²) < 4.78 is 10.6. The van der Waals surface area contributed by atoms with Crippen LogP contribution < -0.4 is 9.64 Å². The van der Waals surface area contributed by atoms with Gasteiger partial charge in [-0.15, -0.1) is 0 Å². The number of methoxy groups -OCH3 is 1. The van der Waals surface area contributed by atoms with E-state index in [-0.39, 0.29) is 11.9 Å². The molecule has 2 aliphatic heterocycles. The number of β-lactam (4-membered cyclic amide) rings is 1. The number of aryl methyl sites for hydroxylation is 1. The van der Waals surface area contributed by atoms with Gasteiger partial charge in [-0.2, -0.15) is 0 Å². The minimum absolute atomic E-state index is 0.179. The molecule has 0 spiro atoms. The number of carbonyl (C=O) groups excluding carboxylic acids is 2. The Kier molecular flexibility index (Phi) is 3.13. The summed E-state index contributed by atoms with van der Waals surface area (Å²) in [5.41, 5.74) is 4.94. The molecule has 0 aromatic heterocycles. The van der Waals surface area contributed by atoms with E-state index in [0.717, 1.165) is 33.7 Å². The lowest BCUT2D eigenvalue weighted by molar-refractivity contribution is -0.160. The Morgan fingerprint density at radius 3 is 2.62 bits per heavy atom. The Morgan fingerprint density at radius 1 is 1.12 bits per heavy atom.